The molecule has 0 unspecified atom stereocenters. The van der Waals surface area contributed by atoms with Gasteiger partial charge in [-0.25, -0.2) is 8.42 Å². The number of nitrogens with zero attached hydrogens (tertiary/aromatic N) is 2. The van der Waals surface area contributed by atoms with Gasteiger partial charge in [0.05, 0.1) is 0 Å². The highest BCUT2D eigenvalue weighted by molar-refractivity contribution is 7.91. The normalized spacial score (nSPS) is 15.5. The summed E-state index contributed by atoms with van der Waals surface area (Å²) < 4.78 is 26.8. The van der Waals surface area contributed by atoms with Crippen molar-refractivity contribution in [3.05, 3.63) is 17.0 Å². The summed E-state index contributed by atoms with van der Waals surface area (Å²) in [5.74, 6) is 0.846. The van der Waals surface area contributed by atoms with Gasteiger partial charge in [-0.15, -0.1) is 11.3 Å². The number of sulfonamides is 1. The van der Waals surface area contributed by atoms with E-state index in [1.165, 1.54) is 15.6 Å². The summed E-state index contributed by atoms with van der Waals surface area (Å²) in [4.78, 5) is 5.41. The van der Waals surface area contributed by atoms with Gasteiger partial charge in [-0.2, -0.15) is 4.31 Å². The van der Waals surface area contributed by atoms with Crippen LogP contribution in [0.2, 0.25) is 0 Å². The molecule has 8 heteroatoms. The maximum atomic E-state index is 12.4. The van der Waals surface area contributed by atoms with Gasteiger partial charge in [0.25, 0.3) is 10.0 Å². The van der Waals surface area contributed by atoms with Crippen LogP contribution in [0.3, 0.4) is 0 Å². The van der Waals surface area contributed by atoms with E-state index in [1.54, 1.807) is 6.07 Å². The van der Waals surface area contributed by atoms with Gasteiger partial charge >= 0.3 is 0 Å². The lowest BCUT2D eigenvalue weighted by Gasteiger charge is -2.17. The number of hydrogen-bond donors (Lipinski definition) is 2. The highest BCUT2D eigenvalue weighted by atomic mass is 32.2. The molecule has 6 nitrogen and oxygen atoms in total. The quantitative estimate of drug-likeness (QED) is 0.781. The molecule has 0 fully saturated rings. The molecule has 0 aliphatic carbocycles. The first-order valence-corrected chi connectivity index (χ1v) is 9.94. The average Bonchev–Trinajstić information content (AvgIpc) is 2.99. The molecule has 2 N–H and O–H groups in total. The standard InChI is InChI=1S/C14H24N4O2S2/c1-3-18(4-2)22(19,20)13-7-6-12(21-13)8-11-17-14-15-9-5-10-16-14/h6-7H,3-5,8-11H2,1-2H3,(H2,15,16,17). The molecule has 0 aromatic carbocycles. The zero-order valence-electron chi connectivity index (χ0n) is 13.1. The second-order valence-electron chi connectivity index (χ2n) is 5.00. The van der Waals surface area contributed by atoms with Gasteiger partial charge in [0.2, 0.25) is 0 Å². The Balaban J connectivity index is 1.92. The van der Waals surface area contributed by atoms with E-state index in [9.17, 15) is 8.42 Å². The van der Waals surface area contributed by atoms with Crippen LogP contribution in [0, 0.1) is 0 Å². The minimum atomic E-state index is -3.33. The molecule has 1 aliphatic rings. The van der Waals surface area contributed by atoms with Crippen molar-refractivity contribution in [2.75, 3.05) is 32.7 Å². The molecule has 0 saturated carbocycles. The zero-order valence-corrected chi connectivity index (χ0v) is 14.8. The number of rotatable bonds is 7. The lowest BCUT2D eigenvalue weighted by atomic mass is 10.3. The number of thiophene rings is 1. The monoisotopic (exact) mass is 344 g/mol. The molecular weight excluding hydrogens is 320 g/mol. The van der Waals surface area contributed by atoms with Gasteiger partial charge in [0, 0.05) is 37.6 Å². The smallest absolute Gasteiger partial charge is 0.252 e. The van der Waals surface area contributed by atoms with Gasteiger partial charge in [-0.3, -0.25) is 4.99 Å². The first-order chi connectivity index (χ1) is 10.6. The summed E-state index contributed by atoms with van der Waals surface area (Å²) in [6, 6.07) is 3.61. The van der Waals surface area contributed by atoms with Gasteiger partial charge < -0.3 is 10.6 Å². The Morgan fingerprint density at radius 1 is 1.36 bits per heavy atom. The second-order valence-corrected chi connectivity index (χ2v) is 8.33. The van der Waals surface area contributed by atoms with E-state index in [1.807, 2.05) is 19.9 Å². The molecule has 2 heterocycles. The third-order valence-electron chi connectivity index (χ3n) is 3.50. The first kappa shape index (κ1) is 17.2. The fourth-order valence-electron chi connectivity index (χ4n) is 2.28. The molecule has 0 radical (unpaired) electrons. The summed E-state index contributed by atoms with van der Waals surface area (Å²) in [5, 5.41) is 6.45. The van der Waals surface area contributed by atoms with Crippen LogP contribution in [0.15, 0.2) is 21.3 Å². The minimum absolute atomic E-state index is 0.430. The molecule has 1 aliphatic heterocycles. The van der Waals surface area contributed by atoms with Crippen molar-refractivity contribution in [3.63, 3.8) is 0 Å². The van der Waals surface area contributed by atoms with Crippen molar-refractivity contribution in [2.45, 2.75) is 30.9 Å². The molecule has 0 saturated heterocycles. The van der Waals surface area contributed by atoms with Crippen molar-refractivity contribution >= 4 is 27.3 Å². The highest BCUT2D eigenvalue weighted by Crippen LogP contribution is 2.25. The lowest BCUT2D eigenvalue weighted by Crippen LogP contribution is -2.41. The molecule has 124 valence electrons. The third-order valence-corrected chi connectivity index (χ3v) is 7.16. The van der Waals surface area contributed by atoms with E-state index >= 15 is 0 Å². The molecule has 0 bridgehead atoms. The maximum Gasteiger partial charge on any atom is 0.252 e. The fourth-order valence-corrected chi connectivity index (χ4v) is 5.24. The topological polar surface area (TPSA) is 73.8 Å². The van der Waals surface area contributed by atoms with Crippen LogP contribution in [0.25, 0.3) is 0 Å². The number of aliphatic imine (C=N–C) groups is 1. The molecule has 0 spiro atoms. The van der Waals surface area contributed by atoms with Crippen molar-refractivity contribution in [1.82, 2.24) is 14.9 Å². The van der Waals surface area contributed by atoms with Crippen molar-refractivity contribution < 1.29 is 8.42 Å². The summed E-state index contributed by atoms with van der Waals surface area (Å²) in [7, 11) is -3.33. The van der Waals surface area contributed by atoms with Gasteiger partial charge in [-0.05, 0) is 25.0 Å². The first-order valence-electron chi connectivity index (χ1n) is 7.69. The van der Waals surface area contributed by atoms with Crippen LogP contribution in [0.1, 0.15) is 25.1 Å². The van der Waals surface area contributed by atoms with Crippen molar-refractivity contribution in [3.8, 4) is 0 Å². The van der Waals surface area contributed by atoms with Crippen LogP contribution < -0.4 is 10.6 Å². The number of nitrogens with one attached hydrogen (secondary N) is 2. The Morgan fingerprint density at radius 2 is 2.14 bits per heavy atom. The highest BCUT2D eigenvalue weighted by Gasteiger charge is 2.23. The van der Waals surface area contributed by atoms with E-state index in [0.29, 0.717) is 17.3 Å². The Labute approximate surface area is 136 Å². The van der Waals surface area contributed by atoms with E-state index in [4.69, 9.17) is 0 Å². The van der Waals surface area contributed by atoms with E-state index < -0.39 is 10.0 Å². The van der Waals surface area contributed by atoms with Crippen LogP contribution in [-0.2, 0) is 16.4 Å². The lowest BCUT2D eigenvalue weighted by molar-refractivity contribution is 0.447. The minimum Gasteiger partial charge on any atom is -0.356 e. The van der Waals surface area contributed by atoms with Gasteiger partial charge in [0.15, 0.2) is 5.96 Å². The van der Waals surface area contributed by atoms with Crippen molar-refractivity contribution in [2.24, 2.45) is 4.99 Å². The number of hydrogen-bond acceptors (Lipinski definition) is 6. The summed E-state index contributed by atoms with van der Waals surface area (Å²) in [5.41, 5.74) is 0. The molecule has 2 rings (SSSR count). The van der Waals surface area contributed by atoms with Gasteiger partial charge in [-0.1, -0.05) is 13.8 Å². The Hall–Kier alpha value is -1.12. The average molecular weight is 345 g/mol. The molecule has 0 amide bonds. The summed E-state index contributed by atoms with van der Waals surface area (Å²) in [6.07, 6.45) is 1.86. The Kier molecular flexibility index (Phi) is 6.22. The van der Waals surface area contributed by atoms with Gasteiger partial charge in [0.1, 0.15) is 4.21 Å². The zero-order chi connectivity index (χ0) is 16.0. The van der Waals surface area contributed by atoms with E-state index in [-0.39, 0.29) is 0 Å². The molecular formula is C14H24N4O2S2. The Bertz CT molecular complexity index is 606. The van der Waals surface area contributed by atoms with Crippen LogP contribution >= 0.6 is 11.3 Å². The predicted octanol–water partition coefficient (Wildman–Crippen LogP) is 1.26. The van der Waals surface area contributed by atoms with Crippen LogP contribution in [0.5, 0.6) is 0 Å². The van der Waals surface area contributed by atoms with Crippen LogP contribution in [-0.4, -0.2) is 51.4 Å². The molecule has 0 atom stereocenters. The SMILES string of the molecule is CCN(CC)S(=O)(=O)c1ccc(CCNC2=NCCCN2)s1. The summed E-state index contributed by atoms with van der Waals surface area (Å²) >= 11 is 1.36. The maximum absolute atomic E-state index is 12.4. The van der Waals surface area contributed by atoms with Crippen LogP contribution in [0.4, 0.5) is 0 Å². The predicted molar refractivity (Wildman–Crippen MR) is 91.1 cm³/mol. The van der Waals surface area contributed by atoms with E-state index in [2.05, 4.69) is 15.6 Å². The number of guanidine groups is 1. The molecule has 22 heavy (non-hydrogen) atoms. The van der Waals surface area contributed by atoms with Crippen molar-refractivity contribution in [1.29, 1.82) is 0 Å². The molecule has 1 aromatic heterocycles. The second kappa shape index (κ2) is 7.94. The third kappa shape index (κ3) is 4.21. The fraction of sp³-hybridized carbons (Fsp3) is 0.643. The molecule has 1 aromatic rings. The summed E-state index contributed by atoms with van der Waals surface area (Å²) in [6.45, 7) is 7.28. The largest absolute Gasteiger partial charge is 0.356 e. The van der Waals surface area contributed by atoms with E-state index in [0.717, 1.165) is 43.3 Å². The Morgan fingerprint density at radius 3 is 2.77 bits per heavy atom.